The largest absolute Gasteiger partial charge is 0.383 e. The first kappa shape index (κ1) is 19.4. The Bertz CT molecular complexity index is 723. The highest BCUT2D eigenvalue weighted by Gasteiger charge is 2.41. The summed E-state index contributed by atoms with van der Waals surface area (Å²) in [5.74, 6) is 0.0458. The monoisotopic (exact) mass is 371 g/mol. The Morgan fingerprint density at radius 3 is 2.63 bits per heavy atom. The van der Waals surface area contributed by atoms with Crippen LogP contribution >= 0.6 is 0 Å². The summed E-state index contributed by atoms with van der Waals surface area (Å²) in [6.45, 7) is 3.60. The summed E-state index contributed by atoms with van der Waals surface area (Å²) in [5.41, 5.74) is 1.58. The quantitative estimate of drug-likeness (QED) is 0.690. The summed E-state index contributed by atoms with van der Waals surface area (Å²) in [6, 6.07) is 9.96. The highest BCUT2D eigenvalue weighted by molar-refractivity contribution is 5.89. The lowest BCUT2D eigenvalue weighted by atomic mass is 9.85. The number of benzene rings is 1. The number of para-hydroxylation sites is 1. The van der Waals surface area contributed by atoms with E-state index in [-0.39, 0.29) is 5.91 Å². The van der Waals surface area contributed by atoms with Crippen molar-refractivity contribution in [1.29, 1.82) is 0 Å². The third-order valence-corrected chi connectivity index (χ3v) is 5.06. The number of rotatable bonds is 8. The molecule has 1 aliphatic heterocycles. The van der Waals surface area contributed by atoms with Gasteiger partial charge in [0.25, 0.3) is 0 Å². The SMILES string of the molecule is COCCNC(=O)C1(Nc2ccccc2)CCN(Cc2cnn(C)c2)CC1. The summed E-state index contributed by atoms with van der Waals surface area (Å²) in [4.78, 5) is 15.4. The van der Waals surface area contributed by atoms with E-state index in [1.807, 2.05) is 54.5 Å². The van der Waals surface area contributed by atoms with E-state index in [9.17, 15) is 4.79 Å². The van der Waals surface area contributed by atoms with Crippen molar-refractivity contribution in [3.05, 3.63) is 48.3 Å². The van der Waals surface area contributed by atoms with Crippen LogP contribution in [0.15, 0.2) is 42.7 Å². The van der Waals surface area contributed by atoms with E-state index in [0.29, 0.717) is 13.2 Å². The van der Waals surface area contributed by atoms with Gasteiger partial charge < -0.3 is 15.4 Å². The average molecular weight is 371 g/mol. The molecular weight excluding hydrogens is 342 g/mol. The lowest BCUT2D eigenvalue weighted by Gasteiger charge is -2.41. The van der Waals surface area contributed by atoms with Crippen molar-refractivity contribution in [3.8, 4) is 0 Å². The first-order valence-electron chi connectivity index (χ1n) is 9.42. The van der Waals surface area contributed by atoms with Crippen molar-refractivity contribution in [2.75, 3.05) is 38.7 Å². The van der Waals surface area contributed by atoms with Gasteiger partial charge in [0.05, 0.1) is 12.8 Å². The number of anilines is 1. The van der Waals surface area contributed by atoms with Crippen molar-refractivity contribution in [3.63, 3.8) is 0 Å². The molecule has 0 radical (unpaired) electrons. The van der Waals surface area contributed by atoms with Crippen molar-refractivity contribution >= 4 is 11.6 Å². The minimum atomic E-state index is -0.597. The molecule has 1 saturated heterocycles. The van der Waals surface area contributed by atoms with Gasteiger partial charge >= 0.3 is 0 Å². The molecule has 0 unspecified atom stereocenters. The zero-order valence-corrected chi connectivity index (χ0v) is 16.1. The number of piperidine rings is 1. The Balaban J connectivity index is 1.66. The fourth-order valence-corrected chi connectivity index (χ4v) is 3.55. The minimum absolute atomic E-state index is 0.0458. The van der Waals surface area contributed by atoms with Crippen LogP contribution < -0.4 is 10.6 Å². The number of methoxy groups -OCH3 is 1. The van der Waals surface area contributed by atoms with Crippen molar-refractivity contribution < 1.29 is 9.53 Å². The molecule has 0 bridgehead atoms. The fourth-order valence-electron chi connectivity index (χ4n) is 3.55. The maximum atomic E-state index is 13.0. The number of carbonyl (C=O) groups excluding carboxylic acids is 1. The van der Waals surface area contributed by atoms with Crippen LogP contribution in [0.2, 0.25) is 0 Å². The first-order valence-corrected chi connectivity index (χ1v) is 9.42. The summed E-state index contributed by atoms with van der Waals surface area (Å²) in [6.07, 6.45) is 5.45. The lowest BCUT2D eigenvalue weighted by molar-refractivity contribution is -0.127. The van der Waals surface area contributed by atoms with Crippen LogP contribution in [0.3, 0.4) is 0 Å². The molecule has 1 aliphatic rings. The summed E-state index contributed by atoms with van der Waals surface area (Å²) >= 11 is 0. The van der Waals surface area contributed by atoms with Gasteiger partial charge in [0.1, 0.15) is 5.54 Å². The number of aromatic nitrogens is 2. The molecule has 2 aromatic rings. The molecule has 0 spiro atoms. The van der Waals surface area contributed by atoms with Crippen LogP contribution in [-0.2, 0) is 23.1 Å². The van der Waals surface area contributed by atoms with Crippen LogP contribution in [-0.4, -0.2) is 59.5 Å². The molecule has 1 aromatic carbocycles. The second-order valence-corrected chi connectivity index (χ2v) is 7.12. The second kappa shape index (κ2) is 9.01. The van der Waals surface area contributed by atoms with Crippen molar-refractivity contribution in [2.24, 2.45) is 7.05 Å². The smallest absolute Gasteiger partial charge is 0.245 e. The Hall–Kier alpha value is -2.38. The van der Waals surface area contributed by atoms with E-state index in [0.717, 1.165) is 38.2 Å². The predicted molar refractivity (Wildman–Crippen MR) is 105 cm³/mol. The van der Waals surface area contributed by atoms with Crippen LogP contribution in [0, 0.1) is 0 Å². The van der Waals surface area contributed by atoms with Crippen LogP contribution in [0.25, 0.3) is 0 Å². The third kappa shape index (κ3) is 5.08. The molecule has 146 valence electrons. The van der Waals surface area contributed by atoms with E-state index in [4.69, 9.17) is 4.74 Å². The topological polar surface area (TPSA) is 71.4 Å². The molecule has 0 saturated carbocycles. The predicted octanol–water partition coefficient (Wildman–Crippen LogP) is 1.63. The number of likely N-dealkylation sites (tertiary alicyclic amines) is 1. The molecule has 7 nitrogen and oxygen atoms in total. The number of ether oxygens (including phenoxy) is 1. The first-order chi connectivity index (χ1) is 13.1. The van der Waals surface area contributed by atoms with Crippen molar-refractivity contribution in [1.82, 2.24) is 20.0 Å². The maximum Gasteiger partial charge on any atom is 0.245 e. The standard InChI is InChI=1S/C20H29N5O2/c1-24-15-17(14-22-24)16-25-11-8-20(9-12-25,19(26)21-10-13-27-2)23-18-6-4-3-5-7-18/h3-7,14-15,23H,8-13,16H2,1-2H3,(H,21,26). The Morgan fingerprint density at radius 1 is 1.26 bits per heavy atom. The number of hydrogen-bond donors (Lipinski definition) is 2. The number of amides is 1. The molecule has 2 N–H and O–H groups in total. The second-order valence-electron chi connectivity index (χ2n) is 7.12. The van der Waals surface area contributed by atoms with Crippen LogP contribution in [0.5, 0.6) is 0 Å². The lowest BCUT2D eigenvalue weighted by Crippen LogP contribution is -2.58. The van der Waals surface area contributed by atoms with Gasteiger partial charge in [-0.2, -0.15) is 5.10 Å². The molecule has 1 fully saturated rings. The van der Waals surface area contributed by atoms with Crippen molar-refractivity contribution in [2.45, 2.75) is 24.9 Å². The summed E-state index contributed by atoms with van der Waals surface area (Å²) in [7, 11) is 3.57. The Kier molecular flexibility index (Phi) is 6.47. The van der Waals surface area contributed by atoms with Gasteiger partial charge in [-0.3, -0.25) is 14.4 Å². The zero-order valence-electron chi connectivity index (χ0n) is 16.1. The number of hydrogen-bond acceptors (Lipinski definition) is 5. The van der Waals surface area contributed by atoms with Gasteiger partial charge in [-0.15, -0.1) is 0 Å². The normalized spacial score (nSPS) is 16.8. The van der Waals surface area contributed by atoms with Gasteiger partial charge in [0, 0.05) is 57.8 Å². The highest BCUT2D eigenvalue weighted by Crippen LogP contribution is 2.28. The van der Waals surface area contributed by atoms with E-state index >= 15 is 0 Å². The summed E-state index contributed by atoms with van der Waals surface area (Å²) < 4.78 is 6.89. The molecule has 27 heavy (non-hydrogen) atoms. The fraction of sp³-hybridized carbons (Fsp3) is 0.500. The molecule has 7 heteroatoms. The molecule has 0 aliphatic carbocycles. The minimum Gasteiger partial charge on any atom is -0.383 e. The molecule has 2 heterocycles. The number of nitrogens with one attached hydrogen (secondary N) is 2. The molecular formula is C20H29N5O2. The Morgan fingerprint density at radius 2 is 2.00 bits per heavy atom. The number of nitrogens with zero attached hydrogens (tertiary/aromatic N) is 3. The summed E-state index contributed by atoms with van der Waals surface area (Å²) in [5, 5.41) is 10.8. The molecule has 0 atom stereocenters. The number of aryl methyl sites for hydroxylation is 1. The van der Waals surface area contributed by atoms with Gasteiger partial charge in [0.15, 0.2) is 0 Å². The van der Waals surface area contributed by atoms with Gasteiger partial charge in [0.2, 0.25) is 5.91 Å². The molecule has 3 rings (SSSR count). The van der Waals surface area contributed by atoms with Crippen LogP contribution in [0.4, 0.5) is 5.69 Å². The zero-order chi connectivity index (χ0) is 19.1. The van der Waals surface area contributed by atoms with Gasteiger partial charge in [-0.25, -0.2) is 0 Å². The van der Waals surface area contributed by atoms with E-state index in [2.05, 4.69) is 20.6 Å². The third-order valence-electron chi connectivity index (χ3n) is 5.06. The highest BCUT2D eigenvalue weighted by atomic mass is 16.5. The van der Waals surface area contributed by atoms with E-state index < -0.39 is 5.54 Å². The van der Waals surface area contributed by atoms with Gasteiger partial charge in [-0.05, 0) is 25.0 Å². The number of carbonyl (C=O) groups is 1. The van der Waals surface area contributed by atoms with E-state index in [1.165, 1.54) is 5.56 Å². The van der Waals surface area contributed by atoms with Crippen LogP contribution in [0.1, 0.15) is 18.4 Å². The van der Waals surface area contributed by atoms with E-state index in [1.54, 1.807) is 7.11 Å². The Labute approximate surface area is 160 Å². The molecule has 1 amide bonds. The maximum absolute atomic E-state index is 13.0. The average Bonchev–Trinajstić information content (AvgIpc) is 3.09. The van der Waals surface area contributed by atoms with Gasteiger partial charge in [-0.1, -0.05) is 18.2 Å². The molecule has 1 aromatic heterocycles.